The molecule has 5 N–H and O–H groups in total. The van der Waals surface area contributed by atoms with E-state index in [-0.39, 0.29) is 17.1 Å². The number of halogens is 9. The molecule has 4 aromatic rings. The molecule has 1 aliphatic heterocycles. The molecule has 0 unspecified atom stereocenters. The van der Waals surface area contributed by atoms with Gasteiger partial charge in [-0.15, -0.1) is 12.8 Å². The summed E-state index contributed by atoms with van der Waals surface area (Å²) < 4.78 is 188. The maximum absolute atomic E-state index is 14.7. The zero-order chi connectivity index (χ0) is 36.3. The average molecular weight is 792 g/mol. The van der Waals surface area contributed by atoms with Crippen LogP contribution in [0.15, 0.2) is 34.1 Å². The van der Waals surface area contributed by atoms with Crippen LogP contribution in [-0.4, -0.2) is 49.9 Å². The summed E-state index contributed by atoms with van der Waals surface area (Å²) in [5.74, 6) is 3.83. The molecule has 50 heavy (non-hydrogen) atoms. The van der Waals surface area contributed by atoms with Crippen molar-refractivity contribution in [3.8, 4) is 24.7 Å². The van der Waals surface area contributed by atoms with Crippen molar-refractivity contribution in [2.75, 3.05) is 13.1 Å². The number of terminal acetylenes is 2. The normalized spacial score (nSPS) is 13.3. The van der Waals surface area contributed by atoms with Crippen LogP contribution in [-0.2, 0) is 55.6 Å². The van der Waals surface area contributed by atoms with Crippen molar-refractivity contribution >= 4 is 65.3 Å². The predicted octanol–water partition coefficient (Wildman–Crippen LogP) is 5.57. The summed E-state index contributed by atoms with van der Waals surface area (Å²) in [6.45, 7) is -1.48. The van der Waals surface area contributed by atoms with Gasteiger partial charge < -0.3 is 15.0 Å². The molecule has 0 saturated heterocycles. The SMILES string of the molecule is C#CCNS(=O)(=O)c1cc2[nH]c1c1[nH]c(cc1S(=O)(=O)NCC#C)c(C(F)(F)F)c1ccc([nH]1)c(C(F)(F)F)c1nc(c2C(F)(F)F)C=C1.[Fe+3]. The van der Waals surface area contributed by atoms with Crippen LogP contribution >= 0.6 is 0 Å². The molecule has 5 rings (SSSR count). The maximum Gasteiger partial charge on any atom is 3.00 e. The fourth-order valence-electron chi connectivity index (χ4n) is 5.01. The first-order chi connectivity index (χ1) is 22.6. The van der Waals surface area contributed by atoms with E-state index in [9.17, 15) is 56.3 Å². The van der Waals surface area contributed by atoms with Crippen LogP contribution in [0.5, 0.6) is 0 Å². The number of nitrogens with one attached hydrogen (secondary N) is 5. The van der Waals surface area contributed by atoms with Crippen LogP contribution < -0.4 is 9.44 Å². The van der Waals surface area contributed by atoms with Crippen molar-refractivity contribution in [1.82, 2.24) is 29.4 Å². The van der Waals surface area contributed by atoms with Crippen LogP contribution in [0.4, 0.5) is 39.5 Å². The summed E-state index contributed by atoms with van der Waals surface area (Å²) >= 11 is 0. The van der Waals surface area contributed by atoms with Gasteiger partial charge in [-0.2, -0.15) is 49.0 Å². The first-order valence-electron chi connectivity index (χ1n) is 13.1. The minimum absolute atomic E-state index is 0. The molecule has 1 aliphatic rings. The molecule has 0 atom stereocenters. The summed E-state index contributed by atoms with van der Waals surface area (Å²) in [6.07, 6.45) is -5.04. The molecular formula is C28H17F9FeN6O4S2+3. The van der Waals surface area contributed by atoms with E-state index >= 15 is 0 Å². The summed E-state index contributed by atoms with van der Waals surface area (Å²) in [7, 11) is -9.99. The topological polar surface area (TPSA) is 153 Å². The van der Waals surface area contributed by atoms with Gasteiger partial charge in [0.25, 0.3) is 0 Å². The number of hydrogen-bond donors (Lipinski definition) is 5. The first kappa shape index (κ1) is 38.4. The Morgan fingerprint density at radius 1 is 0.620 bits per heavy atom. The van der Waals surface area contributed by atoms with Gasteiger partial charge in [0, 0.05) is 0 Å². The van der Waals surface area contributed by atoms with Gasteiger partial charge in [-0.05, 0) is 36.4 Å². The monoisotopic (exact) mass is 792 g/mol. The third-order valence-electron chi connectivity index (χ3n) is 6.89. The van der Waals surface area contributed by atoms with E-state index < -0.39 is 123 Å². The standard InChI is InChI=1S/C28H17F9N6O4S2.Fe/c1-3-9-38-48(44,45)19-11-17-22(27(32,33)34)15-7-5-13(40-15)21(26(29,30)31)14-6-8-16(41-14)23(28(35,36)37)18-12-20(25(43-18)24(19)42-17)49(46,47)39-10-4-2;/h1-2,5-8,11-12,38-40,42-43H,9-10H2;/q;+3. The molecule has 22 heteroatoms. The fraction of sp³-hybridized carbons (Fsp3) is 0.179. The summed E-state index contributed by atoms with van der Waals surface area (Å²) in [5, 5.41) is 0. The molecule has 10 nitrogen and oxygen atoms in total. The van der Waals surface area contributed by atoms with Gasteiger partial charge in [-0.1, -0.05) is 11.8 Å². The van der Waals surface area contributed by atoms with Crippen molar-refractivity contribution in [3.05, 3.63) is 52.3 Å². The van der Waals surface area contributed by atoms with Crippen LogP contribution in [0.2, 0.25) is 0 Å². The average Bonchev–Trinajstić information content (AvgIpc) is 3.76. The number of nitrogens with zero attached hydrogens (tertiary/aromatic N) is 1. The Hall–Kier alpha value is -4.44. The van der Waals surface area contributed by atoms with Gasteiger partial charge >= 0.3 is 35.6 Å². The Kier molecular flexibility index (Phi) is 10.00. The summed E-state index contributed by atoms with van der Waals surface area (Å²) in [6, 6.07) is 1.86. The van der Waals surface area contributed by atoms with Crippen LogP contribution in [0, 0.1) is 24.7 Å². The van der Waals surface area contributed by atoms with E-state index in [1.165, 1.54) is 0 Å². The number of aromatic amines is 3. The Labute approximate surface area is 285 Å². The number of aromatic nitrogens is 4. The van der Waals surface area contributed by atoms with Gasteiger partial charge in [-0.3, -0.25) is 0 Å². The Morgan fingerprint density at radius 3 is 1.36 bits per heavy atom. The van der Waals surface area contributed by atoms with Gasteiger partial charge in [-0.25, -0.2) is 21.8 Å². The summed E-state index contributed by atoms with van der Waals surface area (Å²) in [4.78, 5) is 7.36. The molecule has 0 aromatic carbocycles. The molecule has 4 aromatic heterocycles. The molecule has 0 spiro atoms. The van der Waals surface area contributed by atoms with Crippen LogP contribution in [0.25, 0.3) is 45.3 Å². The largest absolute Gasteiger partial charge is 3.00 e. The number of H-pyrrole nitrogens is 3. The van der Waals surface area contributed by atoms with Crippen molar-refractivity contribution in [1.29, 1.82) is 0 Å². The second-order valence-electron chi connectivity index (χ2n) is 10.0. The van der Waals surface area contributed by atoms with E-state index in [0.717, 1.165) is 0 Å². The summed E-state index contributed by atoms with van der Waals surface area (Å²) in [5.41, 5.74) is -14.0. The molecule has 0 amide bonds. The number of fused-ring (bicyclic) bond motifs is 9. The first-order valence-corrected chi connectivity index (χ1v) is 16.1. The number of hydrogen-bond acceptors (Lipinski definition) is 5. The van der Waals surface area contributed by atoms with Gasteiger partial charge in [0.2, 0.25) is 20.0 Å². The van der Waals surface area contributed by atoms with Gasteiger partial charge in [0.05, 0.1) is 57.6 Å². The van der Waals surface area contributed by atoms with E-state index in [2.05, 4.69) is 15.0 Å². The van der Waals surface area contributed by atoms with Crippen LogP contribution in [0.3, 0.4) is 0 Å². The number of rotatable bonds is 6. The van der Waals surface area contributed by atoms with E-state index in [1.54, 1.807) is 0 Å². The predicted molar refractivity (Wildman–Crippen MR) is 158 cm³/mol. The zero-order valence-electron chi connectivity index (χ0n) is 24.2. The fourth-order valence-corrected chi connectivity index (χ4v) is 7.26. The van der Waals surface area contributed by atoms with E-state index in [4.69, 9.17) is 12.8 Å². The van der Waals surface area contributed by atoms with Gasteiger partial charge in [0.1, 0.15) is 26.5 Å². The zero-order valence-corrected chi connectivity index (χ0v) is 26.9. The van der Waals surface area contributed by atoms with Crippen molar-refractivity contribution < 1.29 is 73.4 Å². The van der Waals surface area contributed by atoms with E-state index in [0.29, 0.717) is 36.4 Å². The molecule has 0 aliphatic carbocycles. The quantitative estimate of drug-likeness (QED) is 0.0866. The number of sulfonamides is 2. The Morgan fingerprint density at radius 2 is 0.980 bits per heavy atom. The maximum atomic E-state index is 14.7. The smallest absolute Gasteiger partial charge is 0.354 e. The van der Waals surface area contributed by atoms with E-state index in [1.807, 2.05) is 26.3 Å². The minimum Gasteiger partial charge on any atom is -0.354 e. The second kappa shape index (κ2) is 13.0. The van der Waals surface area contributed by atoms with Crippen molar-refractivity contribution in [2.24, 2.45) is 0 Å². The molecule has 8 bridgehead atoms. The molecule has 5 heterocycles. The third kappa shape index (κ3) is 7.08. The Bertz CT molecular complexity index is 2480. The van der Waals surface area contributed by atoms with Crippen molar-refractivity contribution in [3.63, 3.8) is 0 Å². The van der Waals surface area contributed by atoms with Gasteiger partial charge in [0.15, 0.2) is 0 Å². The molecule has 0 fully saturated rings. The minimum atomic E-state index is -5.47. The second-order valence-corrected chi connectivity index (χ2v) is 13.5. The molecule has 1 radical (unpaired) electrons. The molecule has 263 valence electrons. The third-order valence-corrected chi connectivity index (χ3v) is 9.74. The van der Waals surface area contributed by atoms with Crippen LogP contribution in [0.1, 0.15) is 28.1 Å². The number of alkyl halides is 9. The molecule has 0 saturated carbocycles. The Balaban J connectivity index is 0.00000562. The molecular weight excluding hydrogens is 775 g/mol. The van der Waals surface area contributed by atoms with Crippen molar-refractivity contribution in [2.45, 2.75) is 28.3 Å².